The molecular weight excluding hydrogens is 220 g/mol. The van der Waals surface area contributed by atoms with Crippen LogP contribution in [0, 0.1) is 0 Å². The molecule has 0 aliphatic heterocycles. The molecule has 0 fully saturated rings. The summed E-state index contributed by atoms with van der Waals surface area (Å²) in [5, 5.41) is 11.8. The zero-order valence-corrected chi connectivity index (χ0v) is 8.91. The van der Waals surface area contributed by atoms with Crippen molar-refractivity contribution in [3.05, 3.63) is 22.8 Å². The second-order valence-corrected chi connectivity index (χ2v) is 3.16. The predicted octanol–water partition coefficient (Wildman–Crippen LogP) is 1.49. The minimum Gasteiger partial charge on any atom is -0.476 e. The quantitative estimate of drug-likeness (QED) is 0.750. The third-order valence-electron chi connectivity index (χ3n) is 1.66. The molecule has 1 rings (SSSR count). The maximum absolute atomic E-state index is 10.7. The average molecular weight is 231 g/mol. The fourth-order valence-corrected chi connectivity index (χ4v) is 1.16. The molecular formula is C9H11ClN2O3. The zero-order valence-electron chi connectivity index (χ0n) is 8.16. The Morgan fingerprint density at radius 1 is 1.67 bits per heavy atom. The molecule has 0 aromatic carbocycles. The summed E-state index contributed by atoms with van der Waals surface area (Å²) >= 11 is 5.66. The van der Waals surface area contributed by atoms with Crippen molar-refractivity contribution in [2.24, 2.45) is 0 Å². The molecule has 0 aliphatic rings. The Balaban J connectivity index is 2.74. The molecule has 0 spiro atoms. The summed E-state index contributed by atoms with van der Waals surface area (Å²) in [7, 11) is 1.58. The van der Waals surface area contributed by atoms with Crippen LogP contribution in [0.1, 0.15) is 10.5 Å². The van der Waals surface area contributed by atoms with Crippen LogP contribution in [0.4, 0.5) is 5.82 Å². The highest BCUT2D eigenvalue weighted by Crippen LogP contribution is 2.16. The highest BCUT2D eigenvalue weighted by molar-refractivity contribution is 6.33. The third-order valence-corrected chi connectivity index (χ3v) is 1.97. The van der Waals surface area contributed by atoms with Crippen molar-refractivity contribution >= 4 is 23.4 Å². The smallest absolute Gasteiger partial charge is 0.356 e. The number of hydrogen-bond donors (Lipinski definition) is 2. The van der Waals surface area contributed by atoms with Crippen LogP contribution >= 0.6 is 11.6 Å². The Bertz CT molecular complexity index is 357. The number of anilines is 1. The van der Waals surface area contributed by atoms with Crippen LogP contribution in [0.15, 0.2) is 12.1 Å². The Morgan fingerprint density at radius 3 is 3.00 bits per heavy atom. The van der Waals surface area contributed by atoms with Gasteiger partial charge in [-0.2, -0.15) is 0 Å². The van der Waals surface area contributed by atoms with E-state index in [-0.39, 0.29) is 10.7 Å². The van der Waals surface area contributed by atoms with Gasteiger partial charge in [-0.15, -0.1) is 0 Å². The molecule has 0 aliphatic carbocycles. The first-order chi connectivity index (χ1) is 7.15. The van der Waals surface area contributed by atoms with Crippen molar-refractivity contribution in [1.29, 1.82) is 0 Å². The van der Waals surface area contributed by atoms with Crippen LogP contribution in [0.25, 0.3) is 0 Å². The van der Waals surface area contributed by atoms with Gasteiger partial charge in [-0.1, -0.05) is 11.6 Å². The lowest BCUT2D eigenvalue weighted by Crippen LogP contribution is -2.11. The number of carboxylic acid groups (broad SMARTS) is 1. The van der Waals surface area contributed by atoms with Crippen molar-refractivity contribution in [1.82, 2.24) is 4.98 Å². The van der Waals surface area contributed by atoms with E-state index in [2.05, 4.69) is 10.3 Å². The van der Waals surface area contributed by atoms with E-state index in [1.165, 1.54) is 6.07 Å². The van der Waals surface area contributed by atoms with Gasteiger partial charge in [-0.25, -0.2) is 9.78 Å². The highest BCUT2D eigenvalue weighted by atomic mass is 35.5. The molecule has 1 aromatic rings. The number of nitrogens with zero attached hydrogens (tertiary/aromatic N) is 1. The number of aromatic nitrogens is 1. The topological polar surface area (TPSA) is 71.5 Å². The number of ether oxygens (including phenoxy) is 1. The molecule has 0 unspecified atom stereocenters. The molecule has 1 heterocycles. The van der Waals surface area contributed by atoms with E-state index in [4.69, 9.17) is 21.4 Å². The van der Waals surface area contributed by atoms with Crippen LogP contribution in [0.5, 0.6) is 0 Å². The monoisotopic (exact) mass is 230 g/mol. The number of carbonyl (C=O) groups is 1. The van der Waals surface area contributed by atoms with E-state index in [0.717, 1.165) is 0 Å². The standard InChI is InChI=1S/C9H11ClN2O3/c1-15-5-4-11-7-3-2-6(10)8(12-7)9(13)14/h2-3H,4-5H2,1H3,(H,11,12)(H,13,14). The number of methoxy groups -OCH3 is 1. The molecule has 0 saturated heterocycles. The lowest BCUT2D eigenvalue weighted by Gasteiger charge is -2.06. The predicted molar refractivity (Wildman–Crippen MR) is 56.6 cm³/mol. The van der Waals surface area contributed by atoms with Gasteiger partial charge in [0.25, 0.3) is 0 Å². The molecule has 5 nitrogen and oxygen atoms in total. The fourth-order valence-electron chi connectivity index (χ4n) is 0.972. The van der Waals surface area contributed by atoms with Crippen molar-refractivity contribution < 1.29 is 14.6 Å². The molecule has 0 atom stereocenters. The van der Waals surface area contributed by atoms with E-state index < -0.39 is 5.97 Å². The van der Waals surface area contributed by atoms with Gasteiger partial charge in [0, 0.05) is 13.7 Å². The van der Waals surface area contributed by atoms with E-state index in [1.54, 1.807) is 13.2 Å². The summed E-state index contributed by atoms with van der Waals surface area (Å²) in [5.74, 6) is -0.677. The zero-order chi connectivity index (χ0) is 11.3. The summed E-state index contributed by atoms with van der Waals surface area (Å²) in [6.07, 6.45) is 0. The second kappa shape index (κ2) is 5.53. The van der Waals surface area contributed by atoms with Gasteiger partial charge in [-0.3, -0.25) is 0 Å². The normalized spacial score (nSPS) is 10.0. The molecule has 0 radical (unpaired) electrons. The van der Waals surface area contributed by atoms with Crippen LogP contribution in [0.2, 0.25) is 5.02 Å². The van der Waals surface area contributed by atoms with E-state index in [0.29, 0.717) is 19.0 Å². The summed E-state index contributed by atoms with van der Waals surface area (Å²) in [4.78, 5) is 14.5. The number of hydrogen-bond acceptors (Lipinski definition) is 4. The Morgan fingerprint density at radius 2 is 2.40 bits per heavy atom. The van der Waals surface area contributed by atoms with Crippen LogP contribution in [0.3, 0.4) is 0 Å². The van der Waals surface area contributed by atoms with E-state index in [9.17, 15) is 4.79 Å². The summed E-state index contributed by atoms with van der Waals surface area (Å²) in [6.45, 7) is 1.08. The van der Waals surface area contributed by atoms with Crippen LogP contribution in [-0.2, 0) is 4.74 Å². The summed E-state index contributed by atoms with van der Waals surface area (Å²) < 4.78 is 4.83. The van der Waals surface area contributed by atoms with Gasteiger partial charge in [0.15, 0.2) is 5.69 Å². The lowest BCUT2D eigenvalue weighted by molar-refractivity contribution is 0.0691. The third kappa shape index (κ3) is 3.38. The van der Waals surface area contributed by atoms with E-state index >= 15 is 0 Å². The number of pyridine rings is 1. The number of carboxylic acids is 1. The van der Waals surface area contributed by atoms with Crippen LogP contribution in [-0.4, -0.2) is 36.3 Å². The minimum absolute atomic E-state index is 0.125. The molecule has 6 heteroatoms. The number of rotatable bonds is 5. The van der Waals surface area contributed by atoms with Crippen molar-refractivity contribution in [3.8, 4) is 0 Å². The maximum atomic E-state index is 10.7. The summed E-state index contributed by atoms with van der Waals surface area (Å²) in [5.41, 5.74) is -0.154. The lowest BCUT2D eigenvalue weighted by atomic mass is 10.3. The van der Waals surface area contributed by atoms with Gasteiger partial charge in [-0.05, 0) is 12.1 Å². The van der Waals surface area contributed by atoms with Crippen molar-refractivity contribution in [2.45, 2.75) is 0 Å². The molecule has 15 heavy (non-hydrogen) atoms. The molecule has 0 saturated carbocycles. The Labute approximate surface area is 92.0 Å². The second-order valence-electron chi connectivity index (χ2n) is 2.75. The fraction of sp³-hybridized carbons (Fsp3) is 0.333. The van der Waals surface area contributed by atoms with Crippen molar-refractivity contribution in [2.75, 3.05) is 25.6 Å². The molecule has 0 bridgehead atoms. The first kappa shape index (κ1) is 11.7. The number of aromatic carboxylic acids is 1. The maximum Gasteiger partial charge on any atom is 0.356 e. The molecule has 0 amide bonds. The van der Waals surface area contributed by atoms with Gasteiger partial charge in [0.2, 0.25) is 0 Å². The first-order valence-electron chi connectivity index (χ1n) is 4.28. The number of nitrogens with one attached hydrogen (secondary N) is 1. The molecule has 2 N–H and O–H groups in total. The summed E-state index contributed by atoms with van der Waals surface area (Å²) in [6, 6.07) is 3.11. The largest absolute Gasteiger partial charge is 0.476 e. The van der Waals surface area contributed by atoms with E-state index in [1.807, 2.05) is 0 Å². The molecule has 1 aromatic heterocycles. The SMILES string of the molecule is COCCNc1ccc(Cl)c(C(=O)O)n1. The van der Waals surface area contributed by atoms with Gasteiger partial charge < -0.3 is 15.2 Å². The van der Waals surface area contributed by atoms with Gasteiger partial charge >= 0.3 is 5.97 Å². The number of halogens is 1. The Hall–Kier alpha value is -1.33. The first-order valence-corrected chi connectivity index (χ1v) is 4.65. The average Bonchev–Trinajstić information content (AvgIpc) is 2.20. The molecule has 82 valence electrons. The van der Waals surface area contributed by atoms with Gasteiger partial charge in [0.1, 0.15) is 5.82 Å². The van der Waals surface area contributed by atoms with Gasteiger partial charge in [0.05, 0.1) is 11.6 Å². The van der Waals surface area contributed by atoms with Crippen molar-refractivity contribution in [3.63, 3.8) is 0 Å². The highest BCUT2D eigenvalue weighted by Gasteiger charge is 2.10. The van der Waals surface area contributed by atoms with Crippen LogP contribution < -0.4 is 5.32 Å². The Kier molecular flexibility index (Phi) is 4.33. The minimum atomic E-state index is -1.14.